The van der Waals surface area contributed by atoms with Crippen LogP contribution in [0.3, 0.4) is 0 Å². The lowest BCUT2D eigenvalue weighted by atomic mass is 9.83. The van der Waals surface area contributed by atoms with E-state index in [9.17, 15) is 14.4 Å². The minimum absolute atomic E-state index is 0.0553. The third-order valence-corrected chi connectivity index (χ3v) is 9.88. The first-order valence-electron chi connectivity index (χ1n) is 19.6. The van der Waals surface area contributed by atoms with E-state index in [-0.39, 0.29) is 29.7 Å². The van der Waals surface area contributed by atoms with Gasteiger partial charge in [0.25, 0.3) is 5.91 Å². The molecule has 3 aliphatic rings. The van der Waals surface area contributed by atoms with Crippen LogP contribution in [0.4, 0.5) is 11.4 Å². The molecule has 1 aliphatic carbocycles. The van der Waals surface area contributed by atoms with Crippen molar-refractivity contribution in [1.82, 2.24) is 25.9 Å². The maximum absolute atomic E-state index is 13.9. The molecule has 0 radical (unpaired) electrons. The number of carbonyl (C=O) groups excluding carboxylic acids is 3. The van der Waals surface area contributed by atoms with Crippen molar-refractivity contribution < 1.29 is 14.4 Å². The van der Waals surface area contributed by atoms with Gasteiger partial charge in [0, 0.05) is 53.9 Å². The number of benzene rings is 1. The molecule has 5 rings (SSSR count). The Bertz CT molecular complexity index is 1790. The van der Waals surface area contributed by atoms with Crippen LogP contribution in [-0.4, -0.2) is 33.5 Å². The summed E-state index contributed by atoms with van der Waals surface area (Å²) in [6, 6.07) is 2.70. The zero-order valence-electron chi connectivity index (χ0n) is 31.9. The van der Waals surface area contributed by atoms with Crippen LogP contribution in [0.5, 0.6) is 0 Å². The van der Waals surface area contributed by atoms with E-state index >= 15 is 0 Å². The van der Waals surface area contributed by atoms with Gasteiger partial charge in [-0.25, -0.2) is 0 Å². The van der Waals surface area contributed by atoms with Gasteiger partial charge in [0.1, 0.15) is 6.04 Å². The van der Waals surface area contributed by atoms with Gasteiger partial charge in [0.15, 0.2) is 0 Å². The molecule has 5 N–H and O–H groups in total. The van der Waals surface area contributed by atoms with Gasteiger partial charge >= 0.3 is 0 Å². The first kappa shape index (κ1) is 39.8. The highest BCUT2D eigenvalue weighted by molar-refractivity contribution is 6.08. The fraction of sp³-hybridized carbons (Fsp3) is 0.409. The maximum atomic E-state index is 13.9. The summed E-state index contributed by atoms with van der Waals surface area (Å²) in [6.07, 6.45) is 43.1. The van der Waals surface area contributed by atoms with Crippen LogP contribution in [0, 0.1) is 5.92 Å². The van der Waals surface area contributed by atoms with E-state index in [1.807, 2.05) is 25.4 Å². The number of amides is 3. The predicted molar refractivity (Wildman–Crippen MR) is 219 cm³/mol. The molecule has 2 aliphatic heterocycles. The maximum Gasteiger partial charge on any atom is 0.270 e. The van der Waals surface area contributed by atoms with Crippen molar-refractivity contribution in [3.63, 3.8) is 0 Å². The second kappa shape index (κ2) is 21.4. The fourth-order valence-electron chi connectivity index (χ4n) is 7.13. The molecule has 10 nitrogen and oxygen atoms in total. The van der Waals surface area contributed by atoms with Crippen LogP contribution < -0.4 is 26.8 Å². The molecule has 0 bridgehead atoms. The van der Waals surface area contributed by atoms with Crippen LogP contribution in [0.15, 0.2) is 104 Å². The van der Waals surface area contributed by atoms with Gasteiger partial charge in [-0.2, -0.15) is 5.10 Å². The number of anilines is 2. The lowest BCUT2D eigenvalue weighted by molar-refractivity contribution is -0.127. The number of nitrogens with one attached hydrogen (secondary N) is 5. The van der Waals surface area contributed by atoms with E-state index in [0.29, 0.717) is 24.1 Å². The number of nitrogens with zero attached hydrogens (tertiary/aromatic N) is 2. The molecule has 1 aromatic carbocycles. The van der Waals surface area contributed by atoms with Gasteiger partial charge in [-0.15, -0.1) is 0 Å². The molecule has 1 fully saturated rings. The zero-order valence-corrected chi connectivity index (χ0v) is 31.9. The minimum atomic E-state index is -0.655. The Balaban J connectivity index is 1.09. The standard InChI is InChI=1S/C44H57N7O3/c1-3-4-5-6-7-8-9-10-11-12-13-14-15-16-17-18-19-20-24-27-39(52)49-42(33-25-22-21-23-26-33)44(54)47-35-28-36-40-37(31-45-50-43(36)53)41(48-38(40)29-35)34-30-46-51(2)32-34/h4-5,7-8,10-11,13-14,16-17,19-20,28-33,41-42,45,48H,3,6,9,12,15,18,21-27H2,1-2H3,(H,47,54)(H,49,52)(H,50,53). The van der Waals surface area contributed by atoms with Crippen molar-refractivity contribution in [2.24, 2.45) is 13.0 Å². The lowest BCUT2D eigenvalue weighted by Gasteiger charge is -2.30. The molecule has 2 unspecified atom stereocenters. The van der Waals surface area contributed by atoms with E-state index in [1.54, 1.807) is 23.1 Å². The third-order valence-electron chi connectivity index (χ3n) is 9.88. The molecule has 0 spiro atoms. The summed E-state index contributed by atoms with van der Waals surface area (Å²) in [4.78, 5) is 40.2. The molecule has 286 valence electrons. The highest BCUT2D eigenvalue weighted by Gasteiger charge is 2.36. The molecule has 3 heterocycles. The van der Waals surface area contributed by atoms with E-state index in [2.05, 4.69) is 106 Å². The van der Waals surface area contributed by atoms with Gasteiger partial charge in [-0.1, -0.05) is 99.1 Å². The van der Waals surface area contributed by atoms with E-state index in [1.165, 1.54) is 0 Å². The summed E-state index contributed by atoms with van der Waals surface area (Å²) in [7, 11) is 1.86. The predicted octanol–water partition coefficient (Wildman–Crippen LogP) is 8.66. The van der Waals surface area contributed by atoms with Crippen LogP contribution in [0.25, 0.3) is 5.57 Å². The second-order valence-corrected chi connectivity index (χ2v) is 14.1. The van der Waals surface area contributed by atoms with Crippen molar-refractivity contribution in [2.75, 3.05) is 10.6 Å². The van der Waals surface area contributed by atoms with Gasteiger partial charge in [-0.05, 0) is 75.8 Å². The Hall–Kier alpha value is -5.38. The van der Waals surface area contributed by atoms with Crippen LogP contribution in [0.2, 0.25) is 0 Å². The van der Waals surface area contributed by atoms with Crippen molar-refractivity contribution >= 4 is 34.7 Å². The van der Waals surface area contributed by atoms with Crippen molar-refractivity contribution in [3.05, 3.63) is 120 Å². The number of hydrazine groups is 1. The molecule has 54 heavy (non-hydrogen) atoms. The minimum Gasteiger partial charge on any atom is -0.373 e. The summed E-state index contributed by atoms with van der Waals surface area (Å²) in [5.41, 5.74) is 9.96. The Labute approximate surface area is 320 Å². The smallest absolute Gasteiger partial charge is 0.270 e. The summed E-state index contributed by atoms with van der Waals surface area (Å²) in [5, 5.41) is 14.0. The molecule has 2 aromatic rings. The van der Waals surface area contributed by atoms with Gasteiger partial charge in [-0.3, -0.25) is 24.5 Å². The molecule has 2 atom stereocenters. The lowest BCUT2D eigenvalue weighted by Crippen LogP contribution is -2.49. The van der Waals surface area contributed by atoms with Crippen LogP contribution in [0.1, 0.15) is 118 Å². The van der Waals surface area contributed by atoms with Gasteiger partial charge in [0.2, 0.25) is 11.8 Å². The van der Waals surface area contributed by atoms with Gasteiger partial charge < -0.3 is 21.4 Å². The van der Waals surface area contributed by atoms with Crippen LogP contribution in [-0.2, 0) is 16.6 Å². The number of carbonyl (C=O) groups is 3. The highest BCUT2D eigenvalue weighted by Crippen LogP contribution is 2.46. The van der Waals surface area contributed by atoms with Crippen molar-refractivity contribution in [2.45, 2.75) is 102 Å². The fourth-order valence-corrected chi connectivity index (χ4v) is 7.13. The zero-order chi connectivity index (χ0) is 38.0. The average Bonchev–Trinajstić information content (AvgIpc) is 3.72. The molecule has 3 amide bonds. The summed E-state index contributed by atoms with van der Waals surface area (Å²) < 4.78 is 1.74. The van der Waals surface area contributed by atoms with E-state index in [4.69, 9.17) is 0 Å². The number of aryl methyl sites for hydroxylation is 1. The number of allylic oxidation sites excluding steroid dienone is 12. The Morgan fingerprint density at radius 3 is 2.13 bits per heavy atom. The summed E-state index contributed by atoms with van der Waals surface area (Å²) in [6.45, 7) is 2.15. The topological polar surface area (TPSA) is 129 Å². The third kappa shape index (κ3) is 11.8. The number of hydrogen-bond acceptors (Lipinski definition) is 6. The van der Waals surface area contributed by atoms with E-state index in [0.717, 1.165) is 93.0 Å². The highest BCUT2D eigenvalue weighted by atomic mass is 16.2. The molecule has 1 saturated carbocycles. The molecule has 0 saturated heterocycles. The number of aromatic nitrogens is 2. The normalized spacial score (nSPS) is 18.0. The van der Waals surface area contributed by atoms with Crippen LogP contribution >= 0.6 is 0 Å². The summed E-state index contributed by atoms with van der Waals surface area (Å²) in [5.74, 6) is -0.642. The Morgan fingerprint density at radius 2 is 1.52 bits per heavy atom. The Morgan fingerprint density at radius 1 is 0.889 bits per heavy atom. The number of hydrogen-bond donors (Lipinski definition) is 5. The molecule has 10 heteroatoms. The quantitative estimate of drug-likeness (QED) is 0.0921. The SMILES string of the molecule is CCC=CCC=CCC=CCC=CCC=CCC=CCCC(=O)NC(C(=O)Nc1cc2c3c(c1)C(=O)NNC=C3C(c1cnn(C)c1)N2)C1CCCCC1. The van der Waals surface area contributed by atoms with Crippen molar-refractivity contribution in [1.29, 1.82) is 0 Å². The average molecular weight is 732 g/mol. The molecular weight excluding hydrogens is 675 g/mol. The van der Waals surface area contributed by atoms with E-state index < -0.39 is 6.04 Å². The molecular formula is C44H57N7O3. The molecule has 1 aromatic heterocycles. The first-order chi connectivity index (χ1) is 26.4. The van der Waals surface area contributed by atoms with Gasteiger partial charge in [0.05, 0.1) is 17.8 Å². The monoisotopic (exact) mass is 731 g/mol. The summed E-state index contributed by atoms with van der Waals surface area (Å²) >= 11 is 0. The largest absolute Gasteiger partial charge is 0.373 e. The first-order valence-corrected chi connectivity index (χ1v) is 19.6. The Kier molecular flexibility index (Phi) is 15.7. The van der Waals surface area contributed by atoms with Crippen molar-refractivity contribution in [3.8, 4) is 0 Å². The number of rotatable bonds is 19. The second-order valence-electron chi connectivity index (χ2n) is 14.1.